The molecule has 176 valence electrons. The number of amides is 1. The molecule has 1 N–H and O–H groups in total. The fourth-order valence-electron chi connectivity index (χ4n) is 4.16. The van der Waals surface area contributed by atoms with Crippen LogP contribution < -0.4 is 0 Å². The summed E-state index contributed by atoms with van der Waals surface area (Å²) in [4.78, 5) is 27.7. The average Bonchev–Trinajstić information content (AvgIpc) is 2.70. The molecule has 1 aromatic rings. The van der Waals surface area contributed by atoms with Crippen LogP contribution in [0.2, 0.25) is 0 Å². The Labute approximate surface area is 189 Å². The van der Waals surface area contributed by atoms with Crippen LogP contribution in [0.3, 0.4) is 0 Å². The van der Waals surface area contributed by atoms with E-state index in [0.717, 1.165) is 31.2 Å². The molecule has 1 aromatic carbocycles. The van der Waals surface area contributed by atoms with E-state index >= 15 is 0 Å². The van der Waals surface area contributed by atoms with Crippen molar-refractivity contribution < 1.29 is 19.4 Å². The Morgan fingerprint density at radius 2 is 1.81 bits per heavy atom. The van der Waals surface area contributed by atoms with Gasteiger partial charge in [-0.05, 0) is 68.1 Å². The summed E-state index contributed by atoms with van der Waals surface area (Å²) >= 11 is 0. The van der Waals surface area contributed by atoms with Crippen LogP contribution in [0.15, 0.2) is 12.1 Å². The molecule has 0 aliphatic heterocycles. The quantitative estimate of drug-likeness (QED) is 0.431. The maximum absolute atomic E-state index is 13.2. The summed E-state index contributed by atoms with van der Waals surface area (Å²) in [6.07, 6.45) is 3.64. The molecule has 0 aliphatic rings. The third kappa shape index (κ3) is 7.95. The van der Waals surface area contributed by atoms with E-state index in [2.05, 4.69) is 34.6 Å². The number of aliphatic hydroxyl groups is 1. The molecule has 0 radical (unpaired) electrons. The standard InChI is InChI=1S/C26H43NO4/c1-8-10-21-11-12-23(20(7)24(21)25(29)27(9-2)14-15-28)26(30)31-16-13-22(19(5)6)17-18(3)4/h11-12,18-19,22,28H,8-10,13-17H2,1-7H3. The zero-order valence-electron chi connectivity index (χ0n) is 20.7. The first kappa shape index (κ1) is 27.2. The maximum Gasteiger partial charge on any atom is 0.338 e. The molecular weight excluding hydrogens is 390 g/mol. The molecule has 31 heavy (non-hydrogen) atoms. The van der Waals surface area contributed by atoms with Crippen molar-refractivity contribution in [1.29, 1.82) is 0 Å². The molecule has 0 aromatic heterocycles. The Hall–Kier alpha value is -1.88. The van der Waals surface area contributed by atoms with Gasteiger partial charge in [-0.1, -0.05) is 47.1 Å². The fourth-order valence-corrected chi connectivity index (χ4v) is 4.16. The predicted molar refractivity (Wildman–Crippen MR) is 127 cm³/mol. The van der Waals surface area contributed by atoms with Crippen molar-refractivity contribution in [1.82, 2.24) is 4.90 Å². The smallest absolute Gasteiger partial charge is 0.338 e. The number of aliphatic hydroxyl groups excluding tert-OH is 1. The van der Waals surface area contributed by atoms with Crippen molar-refractivity contribution >= 4 is 11.9 Å². The van der Waals surface area contributed by atoms with Gasteiger partial charge in [0.05, 0.1) is 18.8 Å². The second-order valence-corrected chi connectivity index (χ2v) is 9.19. The highest BCUT2D eigenvalue weighted by atomic mass is 16.5. The monoisotopic (exact) mass is 433 g/mol. The van der Waals surface area contributed by atoms with E-state index in [1.165, 1.54) is 0 Å². The van der Waals surface area contributed by atoms with Gasteiger partial charge in [-0.2, -0.15) is 0 Å². The topological polar surface area (TPSA) is 66.8 Å². The van der Waals surface area contributed by atoms with E-state index in [1.54, 1.807) is 11.0 Å². The Balaban J connectivity index is 3.07. The van der Waals surface area contributed by atoms with Gasteiger partial charge in [-0.25, -0.2) is 4.79 Å². The van der Waals surface area contributed by atoms with Crippen LogP contribution in [0, 0.1) is 24.7 Å². The van der Waals surface area contributed by atoms with Crippen LogP contribution in [0.5, 0.6) is 0 Å². The van der Waals surface area contributed by atoms with Crippen LogP contribution in [0.4, 0.5) is 0 Å². The molecule has 1 unspecified atom stereocenters. The third-order valence-electron chi connectivity index (χ3n) is 5.98. The highest BCUT2D eigenvalue weighted by molar-refractivity contribution is 6.01. The highest BCUT2D eigenvalue weighted by Gasteiger charge is 2.24. The third-order valence-corrected chi connectivity index (χ3v) is 5.98. The largest absolute Gasteiger partial charge is 0.462 e. The van der Waals surface area contributed by atoms with Gasteiger partial charge in [0.25, 0.3) is 5.91 Å². The van der Waals surface area contributed by atoms with Gasteiger partial charge in [-0.3, -0.25) is 4.79 Å². The van der Waals surface area contributed by atoms with Gasteiger partial charge in [0.2, 0.25) is 0 Å². The summed E-state index contributed by atoms with van der Waals surface area (Å²) in [6.45, 7) is 15.7. The summed E-state index contributed by atoms with van der Waals surface area (Å²) in [5.41, 5.74) is 2.63. The van der Waals surface area contributed by atoms with E-state index < -0.39 is 0 Å². The maximum atomic E-state index is 13.2. The van der Waals surface area contributed by atoms with Gasteiger partial charge < -0.3 is 14.7 Å². The number of nitrogens with zero attached hydrogens (tertiary/aromatic N) is 1. The van der Waals surface area contributed by atoms with Gasteiger partial charge >= 0.3 is 5.97 Å². The molecule has 0 spiro atoms. The SMILES string of the molecule is CCCc1ccc(C(=O)OCCC(CC(C)C)C(C)C)c(C)c1C(=O)N(CC)CCO. The number of rotatable bonds is 13. The minimum atomic E-state index is -0.369. The van der Waals surface area contributed by atoms with Crippen molar-refractivity contribution in [2.45, 2.75) is 74.1 Å². The van der Waals surface area contributed by atoms with Crippen molar-refractivity contribution in [3.8, 4) is 0 Å². The summed E-state index contributed by atoms with van der Waals surface area (Å²) < 4.78 is 5.64. The Morgan fingerprint density at radius 1 is 1.13 bits per heavy atom. The van der Waals surface area contributed by atoms with E-state index in [0.29, 0.717) is 47.6 Å². The summed E-state index contributed by atoms with van der Waals surface area (Å²) in [7, 11) is 0. The first-order valence-corrected chi connectivity index (χ1v) is 11.9. The molecule has 0 heterocycles. The zero-order chi connectivity index (χ0) is 23.6. The van der Waals surface area contributed by atoms with E-state index in [-0.39, 0.29) is 25.0 Å². The van der Waals surface area contributed by atoms with E-state index in [4.69, 9.17) is 4.74 Å². The lowest BCUT2D eigenvalue weighted by Gasteiger charge is -2.24. The minimum Gasteiger partial charge on any atom is -0.462 e. The second kappa shape index (κ2) is 13.5. The van der Waals surface area contributed by atoms with Gasteiger partial charge in [-0.15, -0.1) is 0 Å². The molecule has 1 atom stereocenters. The molecule has 5 nitrogen and oxygen atoms in total. The van der Waals surface area contributed by atoms with E-state index in [1.807, 2.05) is 19.9 Å². The lowest BCUT2D eigenvalue weighted by molar-refractivity contribution is 0.0466. The molecule has 1 rings (SSSR count). The van der Waals surface area contributed by atoms with Crippen LogP contribution in [0.25, 0.3) is 0 Å². The predicted octanol–water partition coefficient (Wildman–Crippen LogP) is 5.27. The van der Waals surface area contributed by atoms with Crippen molar-refractivity contribution in [2.75, 3.05) is 26.3 Å². The second-order valence-electron chi connectivity index (χ2n) is 9.19. The molecular formula is C26H43NO4. The summed E-state index contributed by atoms with van der Waals surface area (Å²) in [6, 6.07) is 3.67. The molecule has 5 heteroatoms. The number of aryl methyl sites for hydroxylation is 1. The minimum absolute atomic E-state index is 0.0864. The fraction of sp³-hybridized carbons (Fsp3) is 0.692. The lowest BCUT2D eigenvalue weighted by Crippen LogP contribution is -2.34. The molecule has 0 bridgehead atoms. The first-order valence-electron chi connectivity index (χ1n) is 11.9. The van der Waals surface area contributed by atoms with Crippen molar-refractivity contribution in [3.05, 3.63) is 34.4 Å². The Bertz CT molecular complexity index is 712. The number of hydrogen-bond acceptors (Lipinski definition) is 4. The first-order chi connectivity index (χ1) is 14.7. The number of esters is 1. The lowest BCUT2D eigenvalue weighted by atomic mass is 9.85. The van der Waals surface area contributed by atoms with Crippen LogP contribution in [-0.2, 0) is 11.2 Å². The van der Waals surface area contributed by atoms with Crippen LogP contribution >= 0.6 is 0 Å². The number of hydrogen-bond donors (Lipinski definition) is 1. The van der Waals surface area contributed by atoms with Gasteiger partial charge in [0.15, 0.2) is 0 Å². The van der Waals surface area contributed by atoms with Crippen molar-refractivity contribution in [2.24, 2.45) is 17.8 Å². The Kier molecular flexibility index (Phi) is 11.8. The summed E-state index contributed by atoms with van der Waals surface area (Å²) in [5.74, 6) is 1.18. The van der Waals surface area contributed by atoms with Crippen molar-refractivity contribution in [3.63, 3.8) is 0 Å². The number of benzene rings is 1. The van der Waals surface area contributed by atoms with E-state index in [9.17, 15) is 14.7 Å². The van der Waals surface area contributed by atoms with Gasteiger partial charge in [0, 0.05) is 18.7 Å². The zero-order valence-corrected chi connectivity index (χ0v) is 20.7. The number of carbonyl (C=O) groups is 2. The molecule has 0 saturated carbocycles. The van der Waals surface area contributed by atoms with Crippen LogP contribution in [0.1, 0.15) is 92.6 Å². The molecule has 0 saturated heterocycles. The highest BCUT2D eigenvalue weighted by Crippen LogP contribution is 2.25. The Morgan fingerprint density at radius 3 is 2.32 bits per heavy atom. The van der Waals surface area contributed by atoms with Crippen LogP contribution in [-0.4, -0.2) is 48.2 Å². The number of likely N-dealkylation sites (N-methyl/N-ethyl adjacent to an activating group) is 1. The molecule has 1 amide bonds. The molecule has 0 fully saturated rings. The average molecular weight is 434 g/mol. The van der Waals surface area contributed by atoms with Gasteiger partial charge in [0.1, 0.15) is 0 Å². The molecule has 0 aliphatic carbocycles. The number of carbonyl (C=O) groups excluding carboxylic acids is 2. The summed E-state index contributed by atoms with van der Waals surface area (Å²) in [5, 5.41) is 9.32. The normalized spacial score (nSPS) is 12.3. The number of ether oxygens (including phenoxy) is 1.